The van der Waals surface area contributed by atoms with Crippen molar-refractivity contribution >= 4 is 5.69 Å². The number of aromatic nitrogens is 3. The van der Waals surface area contributed by atoms with Crippen LogP contribution < -0.4 is 5.32 Å². The number of anilines is 1. The number of allylic oxidation sites excluding steroid dienone is 2. The Morgan fingerprint density at radius 2 is 2.10 bits per heavy atom. The summed E-state index contributed by atoms with van der Waals surface area (Å²) in [4.78, 5) is 0. The van der Waals surface area contributed by atoms with Crippen molar-refractivity contribution < 1.29 is 0 Å². The zero-order valence-electron chi connectivity index (χ0n) is 11.6. The fraction of sp³-hybridized carbons (Fsp3) is 0.375. The molecule has 2 aromatic rings. The van der Waals surface area contributed by atoms with E-state index in [0.717, 1.165) is 19.0 Å². The van der Waals surface area contributed by atoms with Crippen molar-refractivity contribution in [3.05, 3.63) is 54.6 Å². The third-order valence-corrected chi connectivity index (χ3v) is 3.73. The van der Waals surface area contributed by atoms with Crippen molar-refractivity contribution in [3.63, 3.8) is 0 Å². The van der Waals surface area contributed by atoms with E-state index in [2.05, 4.69) is 51.9 Å². The highest BCUT2D eigenvalue weighted by molar-refractivity contribution is 5.45. The average Bonchev–Trinajstić information content (AvgIpc) is 3.00. The Morgan fingerprint density at radius 1 is 1.20 bits per heavy atom. The minimum atomic E-state index is 0.765. The molecule has 0 bridgehead atoms. The van der Waals surface area contributed by atoms with Crippen LogP contribution in [0.25, 0.3) is 0 Å². The molecule has 3 rings (SSSR count). The normalized spacial score (nSPS) is 18.1. The van der Waals surface area contributed by atoms with Gasteiger partial charge in [-0.05, 0) is 42.9 Å². The Morgan fingerprint density at radius 3 is 2.90 bits per heavy atom. The Kier molecular flexibility index (Phi) is 4.11. The molecular formula is C16H20N4. The molecule has 1 heterocycles. The van der Waals surface area contributed by atoms with Gasteiger partial charge in [-0.25, -0.2) is 0 Å². The SMILES string of the molecule is C1=CC[C@H](CNc2cccc(Cn3cnnc3)c2)CC1. The van der Waals surface area contributed by atoms with Crippen molar-refractivity contribution in [1.82, 2.24) is 14.8 Å². The lowest BCUT2D eigenvalue weighted by molar-refractivity contribution is 0.504. The van der Waals surface area contributed by atoms with Gasteiger partial charge in [-0.2, -0.15) is 0 Å². The minimum Gasteiger partial charge on any atom is -0.385 e. The van der Waals surface area contributed by atoms with E-state index in [1.165, 1.54) is 30.5 Å². The van der Waals surface area contributed by atoms with Crippen LogP contribution >= 0.6 is 0 Å². The van der Waals surface area contributed by atoms with Gasteiger partial charge in [-0.15, -0.1) is 10.2 Å². The lowest BCUT2D eigenvalue weighted by Gasteiger charge is -2.19. The molecule has 0 saturated carbocycles. The number of nitrogens with zero attached hydrogens (tertiary/aromatic N) is 3. The second kappa shape index (κ2) is 6.37. The molecule has 4 nitrogen and oxygen atoms in total. The molecule has 0 amide bonds. The summed E-state index contributed by atoms with van der Waals surface area (Å²) in [5.74, 6) is 0.765. The van der Waals surface area contributed by atoms with Crippen LogP contribution in [0.1, 0.15) is 24.8 Å². The molecule has 0 fully saturated rings. The van der Waals surface area contributed by atoms with Gasteiger partial charge >= 0.3 is 0 Å². The molecule has 0 saturated heterocycles. The molecule has 1 atom stereocenters. The minimum absolute atomic E-state index is 0.765. The molecule has 1 aromatic carbocycles. The van der Waals surface area contributed by atoms with Crippen LogP contribution in [0.3, 0.4) is 0 Å². The molecule has 20 heavy (non-hydrogen) atoms. The second-order valence-electron chi connectivity index (χ2n) is 5.37. The number of hydrogen-bond donors (Lipinski definition) is 1. The van der Waals surface area contributed by atoms with Crippen LogP contribution in [-0.2, 0) is 6.54 Å². The summed E-state index contributed by atoms with van der Waals surface area (Å²) in [6, 6.07) is 8.57. The van der Waals surface area contributed by atoms with Crippen LogP contribution in [-0.4, -0.2) is 21.3 Å². The summed E-state index contributed by atoms with van der Waals surface area (Å²) in [5.41, 5.74) is 2.46. The van der Waals surface area contributed by atoms with Crippen molar-refractivity contribution in [2.75, 3.05) is 11.9 Å². The van der Waals surface area contributed by atoms with Crippen LogP contribution in [0, 0.1) is 5.92 Å². The van der Waals surface area contributed by atoms with E-state index in [4.69, 9.17) is 0 Å². The summed E-state index contributed by atoms with van der Waals surface area (Å²) >= 11 is 0. The van der Waals surface area contributed by atoms with Crippen LogP contribution in [0.4, 0.5) is 5.69 Å². The Balaban J connectivity index is 1.58. The maximum atomic E-state index is 3.83. The molecule has 0 radical (unpaired) electrons. The lowest BCUT2D eigenvalue weighted by atomic mass is 9.94. The Hall–Kier alpha value is -2.10. The van der Waals surface area contributed by atoms with Gasteiger partial charge in [0.2, 0.25) is 0 Å². The van der Waals surface area contributed by atoms with Gasteiger partial charge in [0.05, 0.1) is 6.54 Å². The molecule has 1 aliphatic rings. The maximum absolute atomic E-state index is 3.83. The third-order valence-electron chi connectivity index (χ3n) is 3.73. The Bertz CT molecular complexity index is 560. The zero-order valence-corrected chi connectivity index (χ0v) is 11.6. The molecule has 104 valence electrons. The summed E-state index contributed by atoms with van der Waals surface area (Å²) in [6.07, 6.45) is 11.8. The fourth-order valence-corrected chi connectivity index (χ4v) is 2.60. The monoisotopic (exact) mass is 268 g/mol. The standard InChI is InChI=1S/C16H20N4/c1-2-5-14(6-3-1)10-17-16-8-4-7-15(9-16)11-20-12-18-19-13-20/h1-2,4,7-9,12-14,17H,3,5-6,10-11H2/t14-/m0/s1. The molecule has 1 N–H and O–H groups in total. The van der Waals surface area contributed by atoms with E-state index in [-0.39, 0.29) is 0 Å². The molecule has 0 unspecified atom stereocenters. The number of hydrogen-bond acceptors (Lipinski definition) is 3. The first-order valence-corrected chi connectivity index (χ1v) is 7.20. The van der Waals surface area contributed by atoms with Crippen molar-refractivity contribution in [1.29, 1.82) is 0 Å². The van der Waals surface area contributed by atoms with E-state index in [1.807, 2.05) is 4.57 Å². The lowest BCUT2D eigenvalue weighted by Crippen LogP contribution is -2.15. The molecular weight excluding hydrogens is 248 g/mol. The van der Waals surface area contributed by atoms with Crippen LogP contribution in [0.15, 0.2) is 49.1 Å². The fourth-order valence-electron chi connectivity index (χ4n) is 2.60. The second-order valence-corrected chi connectivity index (χ2v) is 5.37. The van der Waals surface area contributed by atoms with Crippen LogP contribution in [0.5, 0.6) is 0 Å². The average molecular weight is 268 g/mol. The summed E-state index contributed by atoms with van der Waals surface area (Å²) in [5, 5.41) is 11.2. The Labute approximate surface area is 119 Å². The molecule has 1 aromatic heterocycles. The molecule has 0 aliphatic heterocycles. The van der Waals surface area contributed by atoms with Gasteiger partial charge in [-0.3, -0.25) is 0 Å². The van der Waals surface area contributed by atoms with Gasteiger partial charge in [0, 0.05) is 12.2 Å². The van der Waals surface area contributed by atoms with Gasteiger partial charge in [0.15, 0.2) is 0 Å². The molecule has 1 aliphatic carbocycles. The van der Waals surface area contributed by atoms with Crippen molar-refractivity contribution in [2.45, 2.75) is 25.8 Å². The molecule has 0 spiro atoms. The first kappa shape index (κ1) is 12.9. The van der Waals surface area contributed by atoms with E-state index in [1.54, 1.807) is 12.7 Å². The molecule has 4 heteroatoms. The van der Waals surface area contributed by atoms with E-state index >= 15 is 0 Å². The number of benzene rings is 1. The smallest absolute Gasteiger partial charge is 0.119 e. The first-order valence-electron chi connectivity index (χ1n) is 7.20. The predicted octanol–water partition coefficient (Wildman–Crippen LogP) is 3.09. The maximum Gasteiger partial charge on any atom is 0.119 e. The number of rotatable bonds is 5. The summed E-state index contributed by atoms with van der Waals surface area (Å²) in [6.45, 7) is 1.87. The summed E-state index contributed by atoms with van der Waals surface area (Å²) < 4.78 is 1.98. The first-order chi connectivity index (χ1) is 9.90. The van der Waals surface area contributed by atoms with E-state index < -0.39 is 0 Å². The van der Waals surface area contributed by atoms with Crippen LogP contribution in [0.2, 0.25) is 0 Å². The summed E-state index contributed by atoms with van der Waals surface area (Å²) in [7, 11) is 0. The predicted molar refractivity (Wildman–Crippen MR) is 80.5 cm³/mol. The highest BCUT2D eigenvalue weighted by Gasteiger charge is 2.09. The quantitative estimate of drug-likeness (QED) is 0.847. The van der Waals surface area contributed by atoms with Gasteiger partial charge in [0.25, 0.3) is 0 Å². The van der Waals surface area contributed by atoms with Crippen molar-refractivity contribution in [3.8, 4) is 0 Å². The van der Waals surface area contributed by atoms with Crippen molar-refractivity contribution in [2.24, 2.45) is 5.92 Å². The van der Waals surface area contributed by atoms with E-state index in [0.29, 0.717) is 0 Å². The topological polar surface area (TPSA) is 42.7 Å². The highest BCUT2D eigenvalue weighted by atomic mass is 15.2. The van der Waals surface area contributed by atoms with Gasteiger partial charge in [-0.1, -0.05) is 24.3 Å². The van der Waals surface area contributed by atoms with E-state index in [9.17, 15) is 0 Å². The zero-order chi connectivity index (χ0) is 13.6. The van der Waals surface area contributed by atoms with Gasteiger partial charge < -0.3 is 9.88 Å². The third kappa shape index (κ3) is 3.47. The van der Waals surface area contributed by atoms with Gasteiger partial charge in [0.1, 0.15) is 12.7 Å². The largest absolute Gasteiger partial charge is 0.385 e. The highest BCUT2D eigenvalue weighted by Crippen LogP contribution is 2.19. The number of nitrogens with one attached hydrogen (secondary N) is 1.